The van der Waals surface area contributed by atoms with Gasteiger partial charge in [0.1, 0.15) is 12.1 Å². The summed E-state index contributed by atoms with van der Waals surface area (Å²) in [6.07, 6.45) is 8.71. The number of hydrogen-bond donors (Lipinski definition) is 3. The Morgan fingerprint density at radius 2 is 1.85 bits per heavy atom. The molecule has 1 amide bonds. The molecule has 6 heteroatoms. The van der Waals surface area contributed by atoms with Gasteiger partial charge in [0.2, 0.25) is 0 Å². The second-order valence-electron chi connectivity index (χ2n) is 11.3. The first-order valence-electron chi connectivity index (χ1n) is 14.3. The maximum absolute atomic E-state index is 13.4. The number of nitrogens with two attached hydrogens (primary N) is 1. The smallest absolute Gasteiger partial charge is 0.323 e. The number of ether oxygens (including phenoxy) is 1. The van der Waals surface area contributed by atoms with Crippen molar-refractivity contribution in [1.29, 1.82) is 0 Å². The van der Waals surface area contributed by atoms with E-state index in [2.05, 4.69) is 61.7 Å². The fourth-order valence-corrected chi connectivity index (χ4v) is 6.15. The minimum Gasteiger partial charge on any atom is -0.455 e. The largest absolute Gasteiger partial charge is 0.455 e. The summed E-state index contributed by atoms with van der Waals surface area (Å²) in [6.45, 7) is 8.25. The van der Waals surface area contributed by atoms with E-state index >= 15 is 0 Å². The first-order valence-corrected chi connectivity index (χ1v) is 14.3. The Kier molecular flexibility index (Phi) is 9.44. The summed E-state index contributed by atoms with van der Waals surface area (Å²) in [4.78, 5) is 25.8. The van der Waals surface area contributed by atoms with Gasteiger partial charge in [-0.15, -0.1) is 0 Å². The summed E-state index contributed by atoms with van der Waals surface area (Å²) in [5.41, 5.74) is 13.3. The van der Waals surface area contributed by atoms with Crippen LogP contribution in [0.15, 0.2) is 77.4 Å². The van der Waals surface area contributed by atoms with E-state index in [0.717, 1.165) is 24.0 Å². The second-order valence-corrected chi connectivity index (χ2v) is 11.3. The van der Waals surface area contributed by atoms with Crippen molar-refractivity contribution >= 4 is 18.0 Å². The summed E-state index contributed by atoms with van der Waals surface area (Å²) in [5.74, 6) is -0.307. The molecule has 0 aromatic heterocycles. The highest BCUT2D eigenvalue weighted by molar-refractivity contribution is 5.94. The van der Waals surface area contributed by atoms with Crippen molar-refractivity contribution in [2.24, 2.45) is 17.1 Å². The monoisotopic (exact) mass is 542 g/mol. The molecule has 2 aromatic rings. The first kappa shape index (κ1) is 29.5. The highest BCUT2D eigenvalue weighted by Crippen LogP contribution is 2.56. The molecule has 40 heavy (non-hydrogen) atoms. The molecule has 6 nitrogen and oxygen atoms in total. The standard InChI is InChI=1S/C34H42N2O4/c1-5-24-21-34(28-18-26-9-7-8-10-27(26)19-28,20-23-11-13-25(14-12-23)32(38)36-15-16-37)31(29(24)6-2)40-33(39)30(35)17-22(3)4/h5-14,18,22,30-31,37H,15-17,19-21,35H2,1-4H3,(H,36,38). The van der Waals surface area contributed by atoms with Crippen LogP contribution < -0.4 is 11.1 Å². The van der Waals surface area contributed by atoms with E-state index in [1.54, 1.807) is 0 Å². The van der Waals surface area contributed by atoms with E-state index < -0.39 is 17.6 Å². The Morgan fingerprint density at radius 1 is 1.12 bits per heavy atom. The minimum atomic E-state index is -0.683. The van der Waals surface area contributed by atoms with Crippen LogP contribution in [0.2, 0.25) is 0 Å². The van der Waals surface area contributed by atoms with Crippen LogP contribution >= 0.6 is 0 Å². The average Bonchev–Trinajstić information content (AvgIpc) is 3.51. The van der Waals surface area contributed by atoms with Crippen LogP contribution in [0.1, 0.15) is 67.6 Å². The molecular weight excluding hydrogens is 500 g/mol. The van der Waals surface area contributed by atoms with Gasteiger partial charge in [0, 0.05) is 17.5 Å². The molecule has 1 saturated carbocycles. The highest BCUT2D eigenvalue weighted by Gasteiger charge is 2.53. The van der Waals surface area contributed by atoms with Gasteiger partial charge < -0.3 is 20.9 Å². The number of carbonyl (C=O) groups is 2. The van der Waals surface area contributed by atoms with Gasteiger partial charge in [0.15, 0.2) is 0 Å². The maximum Gasteiger partial charge on any atom is 0.323 e. The summed E-state index contributed by atoms with van der Waals surface area (Å²) in [7, 11) is 0. The number of carbonyl (C=O) groups excluding carboxylic acids is 2. The van der Waals surface area contributed by atoms with E-state index in [0.29, 0.717) is 18.4 Å². The molecule has 2 aliphatic carbocycles. The summed E-state index contributed by atoms with van der Waals surface area (Å²) >= 11 is 0. The maximum atomic E-state index is 13.4. The third-order valence-corrected chi connectivity index (χ3v) is 8.12. The Morgan fingerprint density at radius 3 is 2.48 bits per heavy atom. The second kappa shape index (κ2) is 12.8. The zero-order valence-electron chi connectivity index (χ0n) is 24.1. The van der Waals surface area contributed by atoms with Crippen LogP contribution in [0.4, 0.5) is 0 Å². The van der Waals surface area contributed by atoms with Gasteiger partial charge in [-0.3, -0.25) is 9.59 Å². The normalized spacial score (nSPS) is 22.9. The SMILES string of the molecule is CC=C1CC(Cc2ccc(C(=O)NCCO)cc2)(C2=Cc3ccccc3C2)C(OC(=O)C(N)CC(C)C)C1=CC. The molecule has 4 N–H and O–H groups in total. The van der Waals surface area contributed by atoms with Crippen molar-refractivity contribution in [3.05, 3.63) is 99.7 Å². The van der Waals surface area contributed by atoms with Crippen molar-refractivity contribution in [3.8, 4) is 0 Å². The number of rotatable bonds is 10. The predicted octanol–water partition coefficient (Wildman–Crippen LogP) is 5.16. The molecule has 0 bridgehead atoms. The van der Waals surface area contributed by atoms with Gasteiger partial charge in [0.25, 0.3) is 5.91 Å². The van der Waals surface area contributed by atoms with Crippen molar-refractivity contribution in [2.75, 3.05) is 13.2 Å². The third-order valence-electron chi connectivity index (χ3n) is 8.12. The van der Waals surface area contributed by atoms with Gasteiger partial charge in [-0.25, -0.2) is 0 Å². The van der Waals surface area contributed by atoms with E-state index in [9.17, 15) is 9.59 Å². The molecule has 0 radical (unpaired) electrons. The predicted molar refractivity (Wildman–Crippen MR) is 160 cm³/mol. The van der Waals surface area contributed by atoms with Crippen LogP contribution in [-0.2, 0) is 22.4 Å². The molecule has 0 heterocycles. The van der Waals surface area contributed by atoms with Gasteiger partial charge in [0.05, 0.1) is 6.61 Å². The number of hydrogen-bond acceptors (Lipinski definition) is 5. The van der Waals surface area contributed by atoms with Crippen LogP contribution in [-0.4, -0.2) is 42.3 Å². The number of allylic oxidation sites excluding steroid dienone is 2. The Labute approximate surface area is 238 Å². The fraction of sp³-hybridized carbons (Fsp3) is 0.412. The molecule has 3 unspecified atom stereocenters. The molecule has 0 saturated heterocycles. The molecule has 2 aromatic carbocycles. The lowest BCUT2D eigenvalue weighted by molar-refractivity contribution is -0.153. The van der Waals surface area contributed by atoms with Crippen molar-refractivity contribution < 1.29 is 19.4 Å². The van der Waals surface area contributed by atoms with Crippen LogP contribution in [0.25, 0.3) is 6.08 Å². The number of aliphatic hydroxyl groups excluding tert-OH is 1. The number of fused-ring (bicyclic) bond motifs is 1. The van der Waals surface area contributed by atoms with Crippen LogP contribution in [0.5, 0.6) is 0 Å². The minimum absolute atomic E-state index is 0.106. The topological polar surface area (TPSA) is 102 Å². The highest BCUT2D eigenvalue weighted by atomic mass is 16.5. The molecule has 4 rings (SSSR count). The number of esters is 1. The molecule has 212 valence electrons. The average molecular weight is 543 g/mol. The van der Waals surface area contributed by atoms with Gasteiger partial charge in [-0.05, 0) is 85.4 Å². The molecule has 1 fully saturated rings. The quantitative estimate of drug-likeness (QED) is 0.360. The van der Waals surface area contributed by atoms with E-state index in [4.69, 9.17) is 15.6 Å². The molecular formula is C34H42N2O4. The fourth-order valence-electron chi connectivity index (χ4n) is 6.15. The van der Waals surface area contributed by atoms with Gasteiger partial charge in [-0.2, -0.15) is 0 Å². The molecule has 2 aliphatic rings. The molecule has 0 aliphatic heterocycles. The Bertz CT molecular complexity index is 1320. The lowest BCUT2D eigenvalue weighted by atomic mass is 9.70. The zero-order chi connectivity index (χ0) is 28.9. The lowest BCUT2D eigenvalue weighted by Crippen LogP contribution is -2.43. The third kappa shape index (κ3) is 6.13. The number of nitrogens with one attached hydrogen (secondary N) is 1. The van der Waals surface area contributed by atoms with Gasteiger partial charge in [-0.1, -0.05) is 74.0 Å². The number of amides is 1. The van der Waals surface area contributed by atoms with Crippen LogP contribution in [0.3, 0.4) is 0 Å². The van der Waals surface area contributed by atoms with E-state index in [1.165, 1.54) is 22.3 Å². The molecule has 3 atom stereocenters. The van der Waals surface area contributed by atoms with E-state index in [1.807, 2.05) is 38.1 Å². The van der Waals surface area contributed by atoms with Gasteiger partial charge >= 0.3 is 5.97 Å². The summed E-state index contributed by atoms with van der Waals surface area (Å²) < 4.78 is 6.41. The summed E-state index contributed by atoms with van der Waals surface area (Å²) in [5, 5.41) is 11.7. The first-order chi connectivity index (χ1) is 19.2. The van der Waals surface area contributed by atoms with Crippen molar-refractivity contribution in [1.82, 2.24) is 5.32 Å². The Balaban J connectivity index is 1.76. The van der Waals surface area contributed by atoms with Crippen molar-refractivity contribution in [2.45, 2.75) is 65.5 Å². The number of benzene rings is 2. The van der Waals surface area contributed by atoms with Crippen molar-refractivity contribution in [3.63, 3.8) is 0 Å². The Hall–Kier alpha value is -3.48. The van der Waals surface area contributed by atoms with E-state index in [-0.39, 0.29) is 30.9 Å². The lowest BCUT2D eigenvalue weighted by Gasteiger charge is -2.37. The number of aliphatic hydroxyl groups is 1. The summed E-state index contributed by atoms with van der Waals surface area (Å²) in [6, 6.07) is 15.3. The molecule has 0 spiro atoms. The zero-order valence-corrected chi connectivity index (χ0v) is 24.1. The van der Waals surface area contributed by atoms with Crippen LogP contribution in [0, 0.1) is 11.3 Å².